The monoisotopic (exact) mass is 354 g/mol. The summed E-state index contributed by atoms with van der Waals surface area (Å²) >= 11 is 0. The van der Waals surface area contributed by atoms with Gasteiger partial charge in [0.05, 0.1) is 11.6 Å². The van der Waals surface area contributed by atoms with E-state index in [1.54, 1.807) is 0 Å². The van der Waals surface area contributed by atoms with Crippen LogP contribution >= 0.6 is 0 Å². The summed E-state index contributed by atoms with van der Waals surface area (Å²) in [4.78, 5) is 5.14. The summed E-state index contributed by atoms with van der Waals surface area (Å²) in [7, 11) is 0. The Morgan fingerprint density at radius 2 is 1.48 bits per heavy atom. The molecule has 4 rings (SSSR count). The first kappa shape index (κ1) is 17.5. The minimum absolute atomic E-state index is 0.0579. The highest BCUT2D eigenvalue weighted by Gasteiger charge is 2.28. The van der Waals surface area contributed by atoms with Gasteiger partial charge in [0, 0.05) is 17.8 Å². The maximum atomic E-state index is 5.14. The fraction of sp³-hybridized carbons (Fsp3) is 0.240. The average molecular weight is 354 g/mol. The van der Waals surface area contributed by atoms with Crippen LogP contribution in [0, 0.1) is 0 Å². The zero-order valence-corrected chi connectivity index (χ0v) is 16.0. The van der Waals surface area contributed by atoms with Crippen molar-refractivity contribution in [2.75, 3.05) is 5.32 Å². The maximum Gasteiger partial charge on any atom is 0.0596 e. The molecule has 2 heteroatoms. The van der Waals surface area contributed by atoms with Crippen molar-refractivity contribution in [2.45, 2.75) is 38.3 Å². The lowest BCUT2D eigenvalue weighted by molar-refractivity contribution is 0.510. The molecule has 3 aromatic carbocycles. The van der Waals surface area contributed by atoms with Gasteiger partial charge in [0.25, 0.3) is 0 Å². The summed E-state index contributed by atoms with van der Waals surface area (Å²) in [6.07, 6.45) is 1.86. The number of hydrogen-bond acceptors (Lipinski definition) is 2. The summed E-state index contributed by atoms with van der Waals surface area (Å²) < 4.78 is 0. The highest BCUT2D eigenvalue weighted by molar-refractivity contribution is 6.03. The van der Waals surface area contributed by atoms with Gasteiger partial charge in [-0.05, 0) is 49.1 Å². The molecule has 0 radical (unpaired) electrons. The molecule has 0 bridgehead atoms. The lowest BCUT2D eigenvalue weighted by Gasteiger charge is -2.31. The van der Waals surface area contributed by atoms with Gasteiger partial charge >= 0.3 is 0 Å². The number of fused-ring (bicyclic) bond motifs is 1. The van der Waals surface area contributed by atoms with Gasteiger partial charge in [-0.2, -0.15) is 0 Å². The van der Waals surface area contributed by atoms with E-state index in [0.29, 0.717) is 0 Å². The third-order valence-electron chi connectivity index (χ3n) is 5.10. The van der Waals surface area contributed by atoms with Crippen molar-refractivity contribution in [1.82, 2.24) is 0 Å². The maximum absolute atomic E-state index is 5.14. The highest BCUT2D eigenvalue weighted by atomic mass is 14.9. The molecule has 3 aromatic rings. The van der Waals surface area contributed by atoms with E-state index in [1.165, 1.54) is 22.4 Å². The van der Waals surface area contributed by atoms with Gasteiger partial charge in [-0.25, -0.2) is 0 Å². The molecule has 1 unspecified atom stereocenters. The number of nitrogens with zero attached hydrogens (tertiary/aromatic N) is 1. The lowest BCUT2D eigenvalue weighted by atomic mass is 9.84. The van der Waals surface area contributed by atoms with Crippen molar-refractivity contribution in [3.63, 3.8) is 0 Å². The lowest BCUT2D eigenvalue weighted by Crippen LogP contribution is -2.30. The van der Waals surface area contributed by atoms with Gasteiger partial charge in [0.15, 0.2) is 0 Å². The molecule has 1 atom stereocenters. The second-order valence-electron chi connectivity index (χ2n) is 7.88. The van der Waals surface area contributed by atoms with Crippen LogP contribution in [0.15, 0.2) is 89.9 Å². The topological polar surface area (TPSA) is 24.4 Å². The van der Waals surface area contributed by atoms with Crippen molar-refractivity contribution in [1.29, 1.82) is 0 Å². The second kappa shape index (κ2) is 7.40. The summed E-state index contributed by atoms with van der Waals surface area (Å²) in [5.41, 5.74) is 6.25. The molecule has 1 aliphatic rings. The summed E-state index contributed by atoms with van der Waals surface area (Å²) in [6, 6.07) is 30.0. The summed E-state index contributed by atoms with van der Waals surface area (Å²) in [6.45, 7) is 4.45. The first-order valence-corrected chi connectivity index (χ1v) is 9.64. The van der Waals surface area contributed by atoms with E-state index in [1.807, 2.05) is 6.07 Å². The summed E-state index contributed by atoms with van der Waals surface area (Å²) in [5.74, 6) is 0. The third-order valence-corrected chi connectivity index (χ3v) is 5.10. The standard InChI is InChI=1S/C25H26N2/c1-25(2)18-20-13-9-10-16-22(20)24(27-25)17-23(19-11-5-3-6-12-19)26-21-14-7-4-8-15-21/h3-16,23,26H,17-18H2,1-2H3. The molecular weight excluding hydrogens is 328 g/mol. The molecule has 0 aliphatic carbocycles. The Labute approximate surface area is 162 Å². The van der Waals surface area contributed by atoms with Gasteiger partial charge in [-0.15, -0.1) is 0 Å². The number of anilines is 1. The van der Waals surface area contributed by atoms with E-state index in [9.17, 15) is 0 Å². The molecule has 2 nitrogen and oxygen atoms in total. The van der Waals surface area contributed by atoms with Crippen molar-refractivity contribution in [3.8, 4) is 0 Å². The van der Waals surface area contributed by atoms with Crippen molar-refractivity contribution < 1.29 is 0 Å². The van der Waals surface area contributed by atoms with Crippen molar-refractivity contribution >= 4 is 11.4 Å². The van der Waals surface area contributed by atoms with Crippen LogP contribution in [0.1, 0.15) is 43.0 Å². The predicted molar refractivity (Wildman–Crippen MR) is 115 cm³/mol. The van der Waals surface area contributed by atoms with E-state index in [2.05, 4.69) is 98.0 Å². The van der Waals surface area contributed by atoms with E-state index in [-0.39, 0.29) is 11.6 Å². The van der Waals surface area contributed by atoms with E-state index in [0.717, 1.165) is 18.5 Å². The molecule has 1 aliphatic heterocycles. The average Bonchev–Trinajstić information content (AvgIpc) is 2.68. The second-order valence-corrected chi connectivity index (χ2v) is 7.88. The number of hydrogen-bond donors (Lipinski definition) is 1. The molecule has 0 saturated heterocycles. The number of rotatable bonds is 5. The van der Waals surface area contributed by atoms with E-state index < -0.39 is 0 Å². The number of nitrogens with one attached hydrogen (secondary N) is 1. The fourth-order valence-electron chi connectivity index (χ4n) is 3.91. The molecule has 27 heavy (non-hydrogen) atoms. The molecule has 0 fully saturated rings. The van der Waals surface area contributed by atoms with Crippen molar-refractivity contribution in [2.24, 2.45) is 4.99 Å². The Morgan fingerprint density at radius 1 is 0.852 bits per heavy atom. The Bertz CT molecular complexity index is 927. The van der Waals surface area contributed by atoms with Gasteiger partial charge in [-0.3, -0.25) is 4.99 Å². The van der Waals surface area contributed by atoms with Gasteiger partial charge in [0.1, 0.15) is 0 Å². The highest BCUT2D eigenvalue weighted by Crippen LogP contribution is 2.32. The molecule has 136 valence electrons. The smallest absolute Gasteiger partial charge is 0.0596 e. The van der Waals surface area contributed by atoms with Crippen molar-refractivity contribution in [3.05, 3.63) is 102 Å². The van der Waals surface area contributed by atoms with Crippen LogP contribution in [0.5, 0.6) is 0 Å². The first-order valence-electron chi connectivity index (χ1n) is 9.64. The van der Waals surface area contributed by atoms with Crippen LogP contribution in [0.25, 0.3) is 0 Å². The Morgan fingerprint density at radius 3 is 2.22 bits per heavy atom. The largest absolute Gasteiger partial charge is 0.378 e. The first-order chi connectivity index (χ1) is 13.1. The molecule has 0 saturated carbocycles. The minimum atomic E-state index is -0.0579. The van der Waals surface area contributed by atoms with Crippen LogP contribution < -0.4 is 5.32 Å². The van der Waals surface area contributed by atoms with Crippen LogP contribution in [0.4, 0.5) is 5.69 Å². The zero-order chi connectivity index (χ0) is 18.7. The molecule has 0 aromatic heterocycles. The Hall–Kier alpha value is -2.87. The summed E-state index contributed by atoms with van der Waals surface area (Å²) in [5, 5.41) is 3.72. The number of aliphatic imine (C=N–C) groups is 1. The van der Waals surface area contributed by atoms with Crippen LogP contribution in [-0.4, -0.2) is 11.3 Å². The molecule has 0 spiro atoms. The quantitative estimate of drug-likeness (QED) is 0.592. The Balaban J connectivity index is 1.70. The molecule has 0 amide bonds. The minimum Gasteiger partial charge on any atom is -0.378 e. The molecule has 1 heterocycles. The van der Waals surface area contributed by atoms with E-state index in [4.69, 9.17) is 4.99 Å². The van der Waals surface area contributed by atoms with Crippen LogP contribution in [0.3, 0.4) is 0 Å². The van der Waals surface area contributed by atoms with Crippen LogP contribution in [0.2, 0.25) is 0 Å². The van der Waals surface area contributed by atoms with E-state index >= 15 is 0 Å². The Kier molecular flexibility index (Phi) is 4.81. The number of benzene rings is 3. The fourth-order valence-corrected chi connectivity index (χ4v) is 3.91. The molecular formula is C25H26N2. The number of para-hydroxylation sites is 1. The zero-order valence-electron chi connectivity index (χ0n) is 16.0. The normalized spacial score (nSPS) is 16.1. The van der Waals surface area contributed by atoms with Gasteiger partial charge in [0.2, 0.25) is 0 Å². The van der Waals surface area contributed by atoms with Gasteiger partial charge in [-0.1, -0.05) is 72.8 Å². The predicted octanol–water partition coefficient (Wildman–Crippen LogP) is 6.05. The SMILES string of the molecule is CC1(C)Cc2ccccc2C(CC(Nc2ccccc2)c2ccccc2)=N1. The molecule has 1 N–H and O–H groups in total. The third kappa shape index (κ3) is 4.11. The van der Waals surface area contributed by atoms with Gasteiger partial charge < -0.3 is 5.32 Å². The van der Waals surface area contributed by atoms with Crippen LogP contribution in [-0.2, 0) is 6.42 Å².